The highest BCUT2D eigenvalue weighted by atomic mass is 35.5. The molecule has 1 aromatic carbocycles. The minimum absolute atomic E-state index is 0.423. The van der Waals surface area contributed by atoms with Crippen LogP contribution in [0.5, 0.6) is 0 Å². The number of amides is 1. The Morgan fingerprint density at radius 3 is 2.95 bits per heavy atom. The molecule has 106 valence electrons. The quantitative estimate of drug-likeness (QED) is 0.673. The molecule has 0 aliphatic rings. The average molecular weight is 303 g/mol. The van der Waals surface area contributed by atoms with Gasteiger partial charge >= 0.3 is 6.09 Å². The predicted octanol–water partition coefficient (Wildman–Crippen LogP) is 3.68. The first-order valence-corrected chi connectivity index (χ1v) is 6.53. The second-order valence-electron chi connectivity index (χ2n) is 4.59. The fourth-order valence-corrected chi connectivity index (χ4v) is 2.25. The van der Waals surface area contributed by atoms with Gasteiger partial charge in [0.25, 0.3) is 0 Å². The van der Waals surface area contributed by atoms with Crippen molar-refractivity contribution in [2.75, 3.05) is 5.32 Å². The van der Waals surface area contributed by atoms with Crippen LogP contribution >= 0.6 is 11.6 Å². The van der Waals surface area contributed by atoms with Crippen molar-refractivity contribution >= 4 is 34.5 Å². The number of pyridine rings is 1. The average Bonchev–Trinajstić information content (AvgIpc) is 2.83. The number of H-pyrrole nitrogens is 1. The number of carbonyl (C=O) groups is 1. The van der Waals surface area contributed by atoms with E-state index in [1.807, 2.05) is 13.0 Å². The lowest BCUT2D eigenvalue weighted by atomic mass is 10.2. The Kier molecular flexibility index (Phi) is 3.23. The van der Waals surface area contributed by atoms with Crippen LogP contribution in [0.4, 0.5) is 10.5 Å². The van der Waals surface area contributed by atoms with Gasteiger partial charge < -0.3 is 10.1 Å². The number of nitrogens with zero attached hydrogens (tertiary/aromatic N) is 2. The largest absolute Gasteiger partial charge is 0.465 e. The maximum absolute atomic E-state index is 10.7. The molecule has 0 spiro atoms. The Bertz CT molecular complexity index is 844. The summed E-state index contributed by atoms with van der Waals surface area (Å²) in [5.41, 5.74) is 3.44. The summed E-state index contributed by atoms with van der Waals surface area (Å²) >= 11 is 6.17. The van der Waals surface area contributed by atoms with Gasteiger partial charge in [-0.1, -0.05) is 11.6 Å². The summed E-state index contributed by atoms with van der Waals surface area (Å²) in [7, 11) is 0. The van der Waals surface area contributed by atoms with Crippen molar-refractivity contribution in [3.05, 3.63) is 41.0 Å². The molecule has 1 amide bonds. The Morgan fingerprint density at radius 2 is 2.19 bits per heavy atom. The Labute approximate surface area is 124 Å². The Balaban J connectivity index is 2.10. The van der Waals surface area contributed by atoms with E-state index < -0.39 is 6.09 Å². The van der Waals surface area contributed by atoms with Gasteiger partial charge in [0.15, 0.2) is 5.65 Å². The molecule has 0 aliphatic carbocycles. The molecule has 2 aromatic heterocycles. The van der Waals surface area contributed by atoms with Crippen molar-refractivity contribution in [3.63, 3.8) is 0 Å². The highest BCUT2D eigenvalue weighted by Gasteiger charge is 2.11. The van der Waals surface area contributed by atoms with Crippen LogP contribution in [0.15, 0.2) is 30.5 Å². The lowest BCUT2D eigenvalue weighted by Crippen LogP contribution is -2.07. The topological polar surface area (TPSA) is 90.9 Å². The Morgan fingerprint density at radius 1 is 1.38 bits per heavy atom. The van der Waals surface area contributed by atoms with Gasteiger partial charge in [-0.15, -0.1) is 0 Å². The third-order valence-electron chi connectivity index (χ3n) is 2.95. The van der Waals surface area contributed by atoms with E-state index in [0.717, 1.165) is 11.1 Å². The van der Waals surface area contributed by atoms with Crippen LogP contribution in [0.2, 0.25) is 5.02 Å². The first-order valence-electron chi connectivity index (χ1n) is 6.15. The zero-order valence-corrected chi connectivity index (χ0v) is 11.8. The number of carboxylic acid groups (broad SMARTS) is 1. The number of aromatic nitrogens is 3. The SMILES string of the molecule is Cc1cnc2nc(-c3cc(NC(=O)O)ccc3Cl)[nH]c2c1. The first kappa shape index (κ1) is 13.4. The molecule has 3 rings (SSSR count). The van der Waals surface area contributed by atoms with Crippen LogP contribution in [0.25, 0.3) is 22.6 Å². The van der Waals surface area contributed by atoms with Crippen LogP contribution in [0.1, 0.15) is 5.56 Å². The highest BCUT2D eigenvalue weighted by Crippen LogP contribution is 2.30. The van der Waals surface area contributed by atoms with Crippen LogP contribution in [-0.2, 0) is 0 Å². The molecule has 0 saturated carbocycles. The minimum Gasteiger partial charge on any atom is -0.465 e. The number of nitrogens with one attached hydrogen (secondary N) is 2. The molecule has 0 bridgehead atoms. The lowest BCUT2D eigenvalue weighted by Gasteiger charge is -2.05. The molecule has 7 heteroatoms. The van der Waals surface area contributed by atoms with E-state index in [0.29, 0.717) is 27.7 Å². The molecule has 0 unspecified atom stereocenters. The number of hydrogen-bond acceptors (Lipinski definition) is 3. The first-order chi connectivity index (χ1) is 10.0. The standard InChI is InChI=1S/C14H11ClN4O2/c1-7-4-11-13(16-6-7)19-12(18-11)9-5-8(17-14(20)21)2-3-10(9)15/h2-6,17H,1H3,(H,20,21)(H,16,18,19). The van der Waals surface area contributed by atoms with Gasteiger partial charge in [0.05, 0.1) is 10.5 Å². The van der Waals surface area contributed by atoms with Gasteiger partial charge in [-0.05, 0) is 36.8 Å². The van der Waals surface area contributed by atoms with Crippen LogP contribution in [-0.4, -0.2) is 26.2 Å². The molecule has 2 heterocycles. The van der Waals surface area contributed by atoms with E-state index in [1.165, 1.54) is 0 Å². The van der Waals surface area contributed by atoms with Gasteiger partial charge in [0.1, 0.15) is 5.82 Å². The van der Waals surface area contributed by atoms with E-state index in [-0.39, 0.29) is 0 Å². The van der Waals surface area contributed by atoms with E-state index in [2.05, 4.69) is 20.3 Å². The van der Waals surface area contributed by atoms with Crippen molar-refractivity contribution < 1.29 is 9.90 Å². The molecule has 6 nitrogen and oxygen atoms in total. The van der Waals surface area contributed by atoms with Crippen molar-refractivity contribution in [1.29, 1.82) is 0 Å². The number of aryl methyl sites for hydroxylation is 1. The maximum atomic E-state index is 10.7. The van der Waals surface area contributed by atoms with Gasteiger partial charge in [0.2, 0.25) is 0 Å². The van der Waals surface area contributed by atoms with E-state index in [4.69, 9.17) is 16.7 Å². The minimum atomic E-state index is -1.13. The van der Waals surface area contributed by atoms with E-state index in [1.54, 1.807) is 24.4 Å². The zero-order chi connectivity index (χ0) is 15.0. The van der Waals surface area contributed by atoms with Crippen LogP contribution in [0, 0.1) is 6.92 Å². The molecule has 0 fully saturated rings. The third kappa shape index (κ3) is 2.66. The summed E-state index contributed by atoms with van der Waals surface area (Å²) in [6.07, 6.45) is 0.599. The smallest absolute Gasteiger partial charge is 0.409 e. The monoisotopic (exact) mass is 302 g/mol. The number of aromatic amines is 1. The number of hydrogen-bond donors (Lipinski definition) is 3. The van der Waals surface area contributed by atoms with E-state index >= 15 is 0 Å². The summed E-state index contributed by atoms with van der Waals surface area (Å²) in [6, 6.07) is 6.77. The van der Waals surface area contributed by atoms with Gasteiger partial charge in [-0.25, -0.2) is 14.8 Å². The summed E-state index contributed by atoms with van der Waals surface area (Å²) in [4.78, 5) is 22.5. The van der Waals surface area contributed by atoms with Crippen molar-refractivity contribution in [1.82, 2.24) is 15.0 Å². The number of rotatable bonds is 2. The van der Waals surface area contributed by atoms with Crippen molar-refractivity contribution in [2.24, 2.45) is 0 Å². The number of halogens is 1. The molecule has 0 radical (unpaired) electrons. The predicted molar refractivity (Wildman–Crippen MR) is 80.7 cm³/mol. The normalized spacial score (nSPS) is 10.8. The summed E-state index contributed by atoms with van der Waals surface area (Å²) in [5.74, 6) is 0.544. The molecule has 3 N–H and O–H groups in total. The van der Waals surface area contributed by atoms with Crippen LogP contribution in [0.3, 0.4) is 0 Å². The van der Waals surface area contributed by atoms with Gasteiger partial charge in [-0.2, -0.15) is 0 Å². The van der Waals surface area contributed by atoms with Gasteiger partial charge in [0, 0.05) is 17.4 Å². The number of imidazole rings is 1. The lowest BCUT2D eigenvalue weighted by molar-refractivity contribution is 0.210. The van der Waals surface area contributed by atoms with Crippen molar-refractivity contribution in [2.45, 2.75) is 6.92 Å². The fraction of sp³-hybridized carbons (Fsp3) is 0.0714. The number of fused-ring (bicyclic) bond motifs is 1. The Hall–Kier alpha value is -2.60. The molecular weight excluding hydrogens is 292 g/mol. The number of anilines is 1. The fourth-order valence-electron chi connectivity index (χ4n) is 2.04. The van der Waals surface area contributed by atoms with E-state index in [9.17, 15) is 4.79 Å². The second kappa shape index (κ2) is 5.06. The van der Waals surface area contributed by atoms with Crippen molar-refractivity contribution in [3.8, 4) is 11.4 Å². The van der Waals surface area contributed by atoms with Crippen LogP contribution < -0.4 is 5.32 Å². The second-order valence-corrected chi connectivity index (χ2v) is 5.00. The molecular formula is C14H11ClN4O2. The molecule has 0 saturated heterocycles. The summed E-state index contributed by atoms with van der Waals surface area (Å²) < 4.78 is 0. The summed E-state index contributed by atoms with van der Waals surface area (Å²) in [5, 5.41) is 11.5. The molecule has 21 heavy (non-hydrogen) atoms. The molecule has 3 aromatic rings. The number of benzene rings is 1. The van der Waals surface area contributed by atoms with Gasteiger partial charge in [-0.3, -0.25) is 5.32 Å². The third-order valence-corrected chi connectivity index (χ3v) is 3.28. The molecule has 0 atom stereocenters. The molecule has 0 aliphatic heterocycles. The zero-order valence-electron chi connectivity index (χ0n) is 11.0. The highest BCUT2D eigenvalue weighted by molar-refractivity contribution is 6.33. The summed E-state index contributed by atoms with van der Waals surface area (Å²) in [6.45, 7) is 1.94. The maximum Gasteiger partial charge on any atom is 0.409 e.